The third-order valence-corrected chi connectivity index (χ3v) is 10.4. The molecule has 0 unspecified atom stereocenters. The van der Waals surface area contributed by atoms with Gasteiger partial charge in [0.25, 0.3) is 4.93 Å². The van der Waals surface area contributed by atoms with E-state index in [-0.39, 0.29) is 0 Å². The minimum absolute atomic E-state index is 0.601. The van der Waals surface area contributed by atoms with Crippen LogP contribution in [0.3, 0.4) is 0 Å². The first kappa shape index (κ1) is 28.4. The molecule has 0 aliphatic carbocycles. The second-order valence-corrected chi connectivity index (χ2v) is 13.6. The molecule has 38 heavy (non-hydrogen) atoms. The van der Waals surface area contributed by atoms with E-state index in [1.807, 2.05) is 91.0 Å². The minimum Gasteiger partial charge on any atom is -0.369 e. The van der Waals surface area contributed by atoms with Crippen molar-refractivity contribution in [3.05, 3.63) is 108 Å². The van der Waals surface area contributed by atoms with E-state index in [1.54, 1.807) is 0 Å². The van der Waals surface area contributed by atoms with Crippen LogP contribution in [0.5, 0.6) is 0 Å². The Kier molecular flexibility index (Phi) is 7.58. The molecule has 0 radical (unpaired) electrons. The van der Waals surface area contributed by atoms with Crippen LogP contribution in [0.15, 0.2) is 91.0 Å². The highest BCUT2D eigenvalue weighted by atomic mass is 32.2. The van der Waals surface area contributed by atoms with Crippen LogP contribution in [0, 0.1) is 0 Å². The lowest BCUT2D eigenvalue weighted by molar-refractivity contribution is -0.171. The molecule has 1 aliphatic rings. The normalized spacial score (nSPS) is 26.3. The van der Waals surface area contributed by atoms with Crippen molar-refractivity contribution in [3.8, 4) is 0 Å². The minimum atomic E-state index is -4.71. The molecule has 9 nitrogen and oxygen atoms in total. The van der Waals surface area contributed by atoms with Gasteiger partial charge >= 0.3 is 0 Å². The van der Waals surface area contributed by atoms with Gasteiger partial charge in [0.05, 0.1) is 6.61 Å². The third kappa shape index (κ3) is 4.28. The molecule has 1 saturated heterocycles. The summed E-state index contributed by atoms with van der Waals surface area (Å²) in [6, 6.07) is 27.5. The molecular weight excluding hydrogens is 532 g/mol. The van der Waals surface area contributed by atoms with E-state index in [0.717, 1.165) is 7.11 Å². The Morgan fingerprint density at radius 1 is 0.737 bits per heavy atom. The molecule has 1 fully saturated rings. The lowest BCUT2D eigenvalue weighted by Crippen LogP contribution is -2.67. The van der Waals surface area contributed by atoms with Gasteiger partial charge in [0, 0.05) is 19.6 Å². The molecule has 4 atom stereocenters. The van der Waals surface area contributed by atoms with Crippen molar-refractivity contribution in [1.29, 1.82) is 0 Å². The first-order valence-electron chi connectivity index (χ1n) is 11.7. The van der Waals surface area contributed by atoms with Crippen LogP contribution in [0.1, 0.15) is 16.7 Å². The van der Waals surface area contributed by atoms with E-state index < -0.39 is 54.1 Å². The molecule has 3 aromatic rings. The van der Waals surface area contributed by atoms with Crippen molar-refractivity contribution in [2.45, 2.75) is 27.9 Å². The molecule has 11 heteroatoms. The summed E-state index contributed by atoms with van der Waals surface area (Å²) in [7, 11) is -8.35. The van der Waals surface area contributed by atoms with Crippen LogP contribution in [-0.2, 0) is 39.5 Å². The molecule has 0 amide bonds. The molecule has 204 valence electrons. The second kappa shape index (κ2) is 10.2. The molecule has 0 spiro atoms. The van der Waals surface area contributed by atoms with Crippen LogP contribution in [0.2, 0.25) is 0 Å². The maximum atomic E-state index is 13.0. The van der Waals surface area contributed by atoms with Gasteiger partial charge in [-0.2, -0.15) is 0 Å². The van der Waals surface area contributed by atoms with Gasteiger partial charge in [-0.25, -0.2) is 16.8 Å². The van der Waals surface area contributed by atoms with E-state index in [0.29, 0.717) is 29.2 Å². The summed E-state index contributed by atoms with van der Waals surface area (Å²) in [6.07, 6.45) is -2.64. The van der Waals surface area contributed by atoms with Gasteiger partial charge in [0.1, 0.15) is 11.7 Å². The van der Waals surface area contributed by atoms with Gasteiger partial charge < -0.3 is 24.4 Å². The fraction of sp³-hybridized carbons (Fsp3) is 0.333. The zero-order valence-corrected chi connectivity index (χ0v) is 22.7. The van der Waals surface area contributed by atoms with Crippen molar-refractivity contribution in [2.24, 2.45) is 0 Å². The number of methoxy groups -OCH3 is 1. The van der Waals surface area contributed by atoms with Gasteiger partial charge in [-0.1, -0.05) is 91.0 Å². The Labute approximate surface area is 222 Å². The standard InChI is InChI=1S/C27H30O9S2/c1-34-24-27(29,38(3,32)33)26(28,37(2,30)31)23(36-24)19-35-25(20-13-7-4-8-14-20,21-15-9-5-10-16-21)22-17-11-6-12-18-22/h4-18,23-24,28-29H,19H2,1-3H3/t23-,24+,26-,27-/m1/s1. The Hall–Kier alpha value is -2.64. The monoisotopic (exact) mass is 562 g/mol. The number of sulfone groups is 2. The van der Waals surface area contributed by atoms with Gasteiger partial charge in [0.2, 0.25) is 11.2 Å². The molecule has 0 aromatic heterocycles. The highest BCUT2D eigenvalue weighted by Crippen LogP contribution is 2.48. The van der Waals surface area contributed by atoms with Crippen molar-refractivity contribution in [2.75, 3.05) is 26.2 Å². The fourth-order valence-electron chi connectivity index (χ4n) is 5.01. The zero-order chi connectivity index (χ0) is 27.8. The maximum Gasteiger partial charge on any atom is 0.263 e. The molecule has 1 aliphatic heterocycles. The van der Waals surface area contributed by atoms with E-state index in [9.17, 15) is 27.0 Å². The summed E-state index contributed by atoms with van der Waals surface area (Å²) < 4.78 is 68.5. The van der Waals surface area contributed by atoms with E-state index >= 15 is 0 Å². The zero-order valence-electron chi connectivity index (χ0n) is 21.1. The van der Waals surface area contributed by atoms with Gasteiger partial charge in [0.15, 0.2) is 19.7 Å². The van der Waals surface area contributed by atoms with E-state index in [2.05, 4.69) is 0 Å². The van der Waals surface area contributed by atoms with Crippen molar-refractivity contribution >= 4 is 19.7 Å². The van der Waals surface area contributed by atoms with Gasteiger partial charge in [-0.3, -0.25) is 0 Å². The van der Waals surface area contributed by atoms with Crippen molar-refractivity contribution in [1.82, 2.24) is 0 Å². The molecule has 3 aromatic carbocycles. The number of rotatable bonds is 9. The van der Waals surface area contributed by atoms with E-state index in [1.165, 1.54) is 0 Å². The topological polar surface area (TPSA) is 136 Å². The van der Waals surface area contributed by atoms with Crippen LogP contribution < -0.4 is 0 Å². The molecule has 4 rings (SSSR count). The van der Waals surface area contributed by atoms with Crippen LogP contribution in [-0.4, -0.2) is 75.5 Å². The summed E-state index contributed by atoms with van der Waals surface area (Å²) in [5, 5.41) is 22.8. The summed E-state index contributed by atoms with van der Waals surface area (Å²) in [6.45, 7) is -0.639. The lowest BCUT2D eigenvalue weighted by atomic mass is 9.80. The largest absolute Gasteiger partial charge is 0.369 e. The highest BCUT2D eigenvalue weighted by Gasteiger charge is 2.77. The Morgan fingerprint density at radius 3 is 1.42 bits per heavy atom. The second-order valence-electron chi connectivity index (χ2n) is 9.22. The van der Waals surface area contributed by atoms with E-state index in [4.69, 9.17) is 14.2 Å². The molecular formula is C27H30O9S2. The number of hydrogen-bond acceptors (Lipinski definition) is 9. The first-order chi connectivity index (χ1) is 17.8. The Morgan fingerprint density at radius 2 is 1.11 bits per heavy atom. The Bertz CT molecular complexity index is 1370. The molecule has 0 saturated carbocycles. The van der Waals surface area contributed by atoms with Crippen LogP contribution >= 0.6 is 0 Å². The average molecular weight is 563 g/mol. The molecule has 1 heterocycles. The van der Waals surface area contributed by atoms with Crippen molar-refractivity contribution < 1.29 is 41.3 Å². The fourth-order valence-corrected chi connectivity index (χ4v) is 8.32. The predicted molar refractivity (Wildman–Crippen MR) is 140 cm³/mol. The lowest BCUT2D eigenvalue weighted by Gasteiger charge is -2.39. The predicted octanol–water partition coefficient (Wildman–Crippen LogP) is 1.83. The summed E-state index contributed by atoms with van der Waals surface area (Å²) >= 11 is 0. The van der Waals surface area contributed by atoms with Gasteiger partial charge in [-0.05, 0) is 16.7 Å². The summed E-state index contributed by atoms with van der Waals surface area (Å²) in [5.74, 6) is 0. The molecule has 2 N–H and O–H groups in total. The summed E-state index contributed by atoms with van der Waals surface area (Å²) in [5.41, 5.74) is 0.708. The number of benzene rings is 3. The highest BCUT2D eigenvalue weighted by molar-refractivity contribution is 7.96. The van der Waals surface area contributed by atoms with Crippen molar-refractivity contribution in [3.63, 3.8) is 0 Å². The maximum absolute atomic E-state index is 13.0. The average Bonchev–Trinajstić information content (AvgIpc) is 3.14. The number of aliphatic hydroxyl groups is 2. The van der Waals surface area contributed by atoms with Crippen LogP contribution in [0.4, 0.5) is 0 Å². The SMILES string of the molecule is CO[C@H]1O[C@H](COC(c2ccccc2)(c2ccccc2)c2ccccc2)[C@@](O)(S(C)(=O)=O)[C@]1(O)S(C)(=O)=O. The molecule has 0 bridgehead atoms. The number of hydrogen-bond donors (Lipinski definition) is 2. The quantitative estimate of drug-likeness (QED) is 0.374. The Balaban J connectivity index is 1.91. The first-order valence-corrected chi connectivity index (χ1v) is 15.4. The number of ether oxygens (including phenoxy) is 3. The smallest absolute Gasteiger partial charge is 0.263 e. The third-order valence-electron chi connectivity index (χ3n) is 6.89. The summed E-state index contributed by atoms with van der Waals surface area (Å²) in [4.78, 5) is -6.64. The van der Waals surface area contributed by atoms with Gasteiger partial charge in [-0.15, -0.1) is 0 Å². The van der Waals surface area contributed by atoms with Crippen LogP contribution in [0.25, 0.3) is 0 Å².